The number of hydrogen-bond donors (Lipinski definition) is 0. The van der Waals surface area contributed by atoms with Crippen molar-refractivity contribution < 1.29 is 9.53 Å². The number of para-hydroxylation sites is 1. The highest BCUT2D eigenvalue weighted by Gasteiger charge is 2.19. The molecular weight excluding hydrogens is 478 g/mol. The number of thioether (sulfide) groups is 1. The Labute approximate surface area is 212 Å². The maximum Gasteiger partial charge on any atom is 0.227 e. The third-order valence-corrected chi connectivity index (χ3v) is 6.54. The molecule has 0 atom stereocenters. The van der Waals surface area contributed by atoms with Crippen LogP contribution in [0.4, 0.5) is 0 Å². The summed E-state index contributed by atoms with van der Waals surface area (Å²) in [4.78, 5) is 12.9. The second-order valence-corrected chi connectivity index (χ2v) is 8.98. The molecule has 172 valence electrons. The van der Waals surface area contributed by atoms with Crippen LogP contribution in [0, 0.1) is 0 Å². The first-order valence-corrected chi connectivity index (χ1v) is 12.1. The molecule has 0 spiro atoms. The lowest BCUT2D eigenvalue weighted by Crippen LogP contribution is -2.02. The first kappa shape index (κ1) is 22.9. The fraction of sp³-hybridized carbons (Fsp3) is 0.0357. The maximum atomic E-state index is 12.9. The Kier molecular flexibility index (Phi) is 6.93. The van der Waals surface area contributed by atoms with E-state index in [0.717, 1.165) is 28.6 Å². The summed E-state index contributed by atoms with van der Waals surface area (Å²) in [5.74, 6) is 1.35. The van der Waals surface area contributed by atoms with Gasteiger partial charge in [0.1, 0.15) is 12.4 Å². The number of ether oxygens (including phenoxy) is 1. The van der Waals surface area contributed by atoms with Crippen LogP contribution in [0.2, 0.25) is 5.02 Å². The van der Waals surface area contributed by atoms with Gasteiger partial charge in [0, 0.05) is 27.4 Å². The van der Waals surface area contributed by atoms with Crippen LogP contribution in [0.15, 0.2) is 114 Å². The van der Waals surface area contributed by atoms with Crippen LogP contribution in [0.5, 0.6) is 5.75 Å². The maximum absolute atomic E-state index is 12.9. The normalized spacial score (nSPS) is 10.8. The van der Waals surface area contributed by atoms with E-state index in [0.29, 0.717) is 33.9 Å². The summed E-state index contributed by atoms with van der Waals surface area (Å²) in [7, 11) is 0. The molecule has 0 unspecified atom stereocenters. The van der Waals surface area contributed by atoms with E-state index in [1.807, 2.05) is 102 Å². The summed E-state index contributed by atoms with van der Waals surface area (Å²) in [5.41, 5.74) is 3.26. The number of halogens is 1. The molecule has 0 saturated carbocycles. The molecule has 0 aliphatic carbocycles. The zero-order valence-electron chi connectivity index (χ0n) is 18.5. The molecule has 0 saturated heterocycles. The Bertz CT molecular complexity index is 1440. The number of carbonyl (C=O) groups is 1. The first-order valence-electron chi connectivity index (χ1n) is 10.9. The van der Waals surface area contributed by atoms with Crippen molar-refractivity contribution in [1.29, 1.82) is 0 Å². The van der Waals surface area contributed by atoms with Crippen LogP contribution in [-0.4, -0.2) is 19.9 Å². The van der Waals surface area contributed by atoms with E-state index in [9.17, 15) is 4.79 Å². The van der Waals surface area contributed by atoms with E-state index in [-0.39, 0.29) is 5.12 Å². The van der Waals surface area contributed by atoms with E-state index < -0.39 is 0 Å². The van der Waals surface area contributed by atoms with Crippen LogP contribution < -0.4 is 4.74 Å². The van der Waals surface area contributed by atoms with Gasteiger partial charge < -0.3 is 4.74 Å². The van der Waals surface area contributed by atoms with E-state index in [1.165, 1.54) is 0 Å². The number of rotatable bonds is 7. The molecule has 5 aromatic rings. The molecule has 5 nitrogen and oxygen atoms in total. The molecule has 7 heteroatoms. The largest absolute Gasteiger partial charge is 0.489 e. The average molecular weight is 498 g/mol. The van der Waals surface area contributed by atoms with E-state index >= 15 is 0 Å². The average Bonchev–Trinajstić information content (AvgIpc) is 3.33. The van der Waals surface area contributed by atoms with Crippen molar-refractivity contribution in [3.05, 3.63) is 125 Å². The van der Waals surface area contributed by atoms with Gasteiger partial charge in [-0.25, -0.2) is 0 Å². The Balaban J connectivity index is 1.42. The van der Waals surface area contributed by atoms with Crippen LogP contribution in [0.3, 0.4) is 0 Å². The number of aromatic nitrogens is 3. The highest BCUT2D eigenvalue weighted by atomic mass is 35.5. The highest BCUT2D eigenvalue weighted by molar-refractivity contribution is 8.14. The van der Waals surface area contributed by atoms with Crippen molar-refractivity contribution in [1.82, 2.24) is 14.8 Å². The van der Waals surface area contributed by atoms with Gasteiger partial charge in [0.25, 0.3) is 0 Å². The molecule has 0 amide bonds. The number of benzene rings is 4. The minimum Gasteiger partial charge on any atom is -0.489 e. The molecule has 0 bridgehead atoms. The molecule has 0 radical (unpaired) electrons. The summed E-state index contributed by atoms with van der Waals surface area (Å²) in [6.45, 7) is 0.377. The Morgan fingerprint density at radius 3 is 2.17 bits per heavy atom. The summed E-state index contributed by atoms with van der Waals surface area (Å²) >= 11 is 7.28. The predicted octanol–water partition coefficient (Wildman–Crippen LogP) is 7.10. The zero-order valence-corrected chi connectivity index (χ0v) is 20.1. The van der Waals surface area contributed by atoms with Gasteiger partial charge in [0.2, 0.25) is 10.3 Å². The second kappa shape index (κ2) is 10.6. The van der Waals surface area contributed by atoms with Gasteiger partial charge in [0.05, 0.1) is 0 Å². The summed E-state index contributed by atoms with van der Waals surface area (Å²) in [5, 5.41) is 9.86. The minimum absolute atomic E-state index is 0.0925. The van der Waals surface area contributed by atoms with Gasteiger partial charge in [-0.1, -0.05) is 78.3 Å². The van der Waals surface area contributed by atoms with Crippen molar-refractivity contribution in [2.75, 3.05) is 0 Å². The molecule has 5 rings (SSSR count). The molecule has 1 aromatic heterocycles. The van der Waals surface area contributed by atoms with Crippen LogP contribution >= 0.6 is 23.4 Å². The molecule has 4 aromatic carbocycles. The van der Waals surface area contributed by atoms with Gasteiger partial charge >= 0.3 is 0 Å². The summed E-state index contributed by atoms with van der Waals surface area (Å²) in [6.07, 6.45) is 0. The Morgan fingerprint density at radius 2 is 1.46 bits per heavy atom. The second-order valence-electron chi connectivity index (χ2n) is 7.64. The SMILES string of the molecule is O=C(Sc1nnc(-c2ccc(OCc3ccccc3Cl)cc2)n1-c1ccccc1)c1ccccc1. The third kappa shape index (κ3) is 5.29. The Hall–Kier alpha value is -3.87. The predicted molar refractivity (Wildman–Crippen MR) is 139 cm³/mol. The molecule has 0 aliphatic heterocycles. The fourth-order valence-electron chi connectivity index (χ4n) is 3.53. The van der Waals surface area contributed by atoms with Crippen LogP contribution in [0.1, 0.15) is 15.9 Å². The number of carbonyl (C=O) groups excluding carboxylic acids is 1. The lowest BCUT2D eigenvalue weighted by Gasteiger charge is -2.11. The van der Waals surface area contributed by atoms with Gasteiger partial charge in [-0.3, -0.25) is 9.36 Å². The van der Waals surface area contributed by atoms with Gasteiger partial charge in [-0.2, -0.15) is 0 Å². The van der Waals surface area contributed by atoms with Gasteiger partial charge in [-0.15, -0.1) is 10.2 Å². The van der Waals surface area contributed by atoms with Crippen LogP contribution in [-0.2, 0) is 6.61 Å². The van der Waals surface area contributed by atoms with Crippen molar-refractivity contribution in [2.24, 2.45) is 0 Å². The van der Waals surface area contributed by atoms with E-state index in [2.05, 4.69) is 10.2 Å². The van der Waals surface area contributed by atoms with Gasteiger partial charge in [0.15, 0.2) is 5.82 Å². The number of hydrogen-bond acceptors (Lipinski definition) is 5. The Morgan fingerprint density at radius 1 is 0.800 bits per heavy atom. The number of nitrogens with zero attached hydrogens (tertiary/aromatic N) is 3. The van der Waals surface area contributed by atoms with Crippen molar-refractivity contribution in [2.45, 2.75) is 11.8 Å². The molecule has 0 N–H and O–H groups in total. The molecule has 35 heavy (non-hydrogen) atoms. The molecule has 0 fully saturated rings. The van der Waals surface area contributed by atoms with Crippen LogP contribution in [0.25, 0.3) is 17.1 Å². The van der Waals surface area contributed by atoms with E-state index in [1.54, 1.807) is 12.1 Å². The standard InChI is InChI=1S/C28H20ClN3O2S/c29-25-14-8-7-11-22(25)19-34-24-17-15-20(16-18-24)26-30-31-28(32(26)23-12-5-2-6-13-23)35-27(33)21-9-3-1-4-10-21/h1-18H,19H2. The molecule has 0 aliphatic rings. The lowest BCUT2D eigenvalue weighted by molar-refractivity contribution is 0.108. The smallest absolute Gasteiger partial charge is 0.227 e. The quantitative estimate of drug-likeness (QED) is 0.224. The van der Waals surface area contributed by atoms with Crippen molar-refractivity contribution in [3.8, 4) is 22.8 Å². The summed E-state index contributed by atoms with van der Waals surface area (Å²) < 4.78 is 7.80. The monoisotopic (exact) mass is 497 g/mol. The summed E-state index contributed by atoms with van der Waals surface area (Å²) in [6, 6.07) is 34.2. The zero-order chi connectivity index (χ0) is 24.0. The third-order valence-electron chi connectivity index (χ3n) is 5.31. The molecule has 1 heterocycles. The van der Waals surface area contributed by atoms with Crippen molar-refractivity contribution in [3.63, 3.8) is 0 Å². The lowest BCUT2D eigenvalue weighted by atomic mass is 10.2. The topological polar surface area (TPSA) is 57.0 Å². The van der Waals surface area contributed by atoms with Gasteiger partial charge in [-0.05, 0) is 54.2 Å². The highest BCUT2D eigenvalue weighted by Crippen LogP contribution is 2.31. The first-order chi connectivity index (χ1) is 17.2. The molecular formula is C28H20ClN3O2S. The van der Waals surface area contributed by atoms with E-state index in [4.69, 9.17) is 16.3 Å². The fourth-order valence-corrected chi connectivity index (χ4v) is 4.50. The minimum atomic E-state index is -0.0925. The van der Waals surface area contributed by atoms with Crippen molar-refractivity contribution >= 4 is 28.5 Å².